The summed E-state index contributed by atoms with van der Waals surface area (Å²) >= 11 is 0. The Balaban J connectivity index is 2.29. The van der Waals surface area contributed by atoms with Gasteiger partial charge in [-0.05, 0) is 10.6 Å². The summed E-state index contributed by atoms with van der Waals surface area (Å²) in [5.74, 6) is 0. The summed E-state index contributed by atoms with van der Waals surface area (Å²) in [7, 11) is 0.478. The van der Waals surface area contributed by atoms with Gasteiger partial charge in [0.15, 0.2) is 0 Å². The van der Waals surface area contributed by atoms with Crippen molar-refractivity contribution in [3.63, 3.8) is 0 Å². The summed E-state index contributed by atoms with van der Waals surface area (Å²) in [6.45, 7) is 7.37. The Hall–Kier alpha value is -0.603. The van der Waals surface area contributed by atoms with Crippen LogP contribution in [0.15, 0.2) is 30.3 Å². The molecule has 0 aliphatic carbocycles. The maximum Gasteiger partial charge on any atom is 0.268 e. The van der Waals surface area contributed by atoms with Gasteiger partial charge in [-0.25, -0.2) is 0 Å². The summed E-state index contributed by atoms with van der Waals surface area (Å²) in [5, 5.41) is 1.27. The van der Waals surface area contributed by atoms with Crippen LogP contribution in [0.1, 0.15) is 20.8 Å². The van der Waals surface area contributed by atoms with E-state index in [9.17, 15) is 0 Å². The molecule has 0 unspecified atom stereocenters. The zero-order chi connectivity index (χ0) is 9.73. The predicted molar refractivity (Wildman–Crippen MR) is 57.2 cm³/mol. The van der Waals surface area contributed by atoms with Crippen molar-refractivity contribution in [3.8, 4) is 0 Å². The Bertz CT molecular complexity index is 238. The second-order valence-corrected chi connectivity index (χ2v) is 5.39. The fourth-order valence-corrected chi connectivity index (χ4v) is 1.84. The predicted octanol–water partition coefficient (Wildman–Crippen LogP) is 1.99. The Morgan fingerprint density at radius 2 is 1.77 bits per heavy atom. The monoisotopic (exact) mass is 192 g/mol. The van der Waals surface area contributed by atoms with E-state index in [2.05, 4.69) is 32.9 Å². The lowest BCUT2D eigenvalue weighted by atomic mass is 9.99. The van der Waals surface area contributed by atoms with Gasteiger partial charge in [0.25, 0.3) is 9.76 Å². The van der Waals surface area contributed by atoms with E-state index in [4.69, 9.17) is 4.43 Å². The van der Waals surface area contributed by atoms with E-state index in [0.717, 1.165) is 6.61 Å². The van der Waals surface area contributed by atoms with E-state index in [1.807, 2.05) is 18.2 Å². The third-order valence-electron chi connectivity index (χ3n) is 1.47. The zero-order valence-electron chi connectivity index (χ0n) is 8.50. The highest BCUT2D eigenvalue weighted by Crippen LogP contribution is 2.11. The number of benzene rings is 1. The SMILES string of the molecule is CC(C)(C)CO[Si]c1ccccc1. The molecule has 0 heterocycles. The third kappa shape index (κ3) is 4.86. The smallest absolute Gasteiger partial charge is 0.268 e. The average molecular weight is 192 g/mol. The van der Waals surface area contributed by atoms with E-state index in [-0.39, 0.29) is 5.41 Å². The van der Waals surface area contributed by atoms with Crippen molar-refractivity contribution < 1.29 is 4.43 Å². The van der Waals surface area contributed by atoms with Crippen LogP contribution in [-0.2, 0) is 4.43 Å². The van der Waals surface area contributed by atoms with Crippen molar-refractivity contribution in [2.24, 2.45) is 5.41 Å². The fourth-order valence-electron chi connectivity index (χ4n) is 0.842. The van der Waals surface area contributed by atoms with Crippen LogP contribution in [0, 0.1) is 5.41 Å². The lowest BCUT2D eigenvalue weighted by molar-refractivity contribution is 0.209. The summed E-state index contributed by atoms with van der Waals surface area (Å²) in [5.41, 5.74) is 0.266. The minimum Gasteiger partial charge on any atom is -0.411 e. The van der Waals surface area contributed by atoms with E-state index >= 15 is 0 Å². The minimum atomic E-state index is 0.266. The Labute approximate surface area is 83.1 Å². The molecule has 0 aromatic heterocycles. The van der Waals surface area contributed by atoms with Crippen LogP contribution < -0.4 is 5.19 Å². The summed E-state index contributed by atoms with van der Waals surface area (Å²) in [6, 6.07) is 10.3. The zero-order valence-corrected chi connectivity index (χ0v) is 9.50. The highest BCUT2D eigenvalue weighted by Gasteiger charge is 2.09. The molecular formula is C11H16OSi. The summed E-state index contributed by atoms with van der Waals surface area (Å²) < 4.78 is 5.61. The molecule has 70 valence electrons. The average Bonchev–Trinajstić information content (AvgIpc) is 2.04. The molecule has 1 rings (SSSR count). The van der Waals surface area contributed by atoms with Crippen LogP contribution in [0.5, 0.6) is 0 Å². The molecule has 2 heteroatoms. The Morgan fingerprint density at radius 3 is 2.31 bits per heavy atom. The van der Waals surface area contributed by atoms with E-state index in [1.54, 1.807) is 0 Å². The Morgan fingerprint density at radius 1 is 1.15 bits per heavy atom. The van der Waals surface area contributed by atoms with Crippen LogP contribution in [0.4, 0.5) is 0 Å². The quantitative estimate of drug-likeness (QED) is 0.666. The lowest BCUT2D eigenvalue weighted by Gasteiger charge is -2.17. The first-order chi connectivity index (χ1) is 6.08. The first kappa shape index (κ1) is 10.5. The third-order valence-corrected chi connectivity index (χ3v) is 2.33. The highest BCUT2D eigenvalue weighted by molar-refractivity contribution is 6.46. The van der Waals surface area contributed by atoms with E-state index in [1.165, 1.54) is 5.19 Å². The van der Waals surface area contributed by atoms with Crippen molar-refractivity contribution in [1.82, 2.24) is 0 Å². The first-order valence-corrected chi connectivity index (χ1v) is 5.42. The van der Waals surface area contributed by atoms with Gasteiger partial charge >= 0.3 is 0 Å². The lowest BCUT2D eigenvalue weighted by Crippen LogP contribution is -2.23. The molecule has 0 saturated carbocycles. The molecule has 0 saturated heterocycles. The number of hydrogen-bond donors (Lipinski definition) is 0. The number of rotatable bonds is 3. The van der Waals surface area contributed by atoms with Crippen LogP contribution >= 0.6 is 0 Å². The van der Waals surface area contributed by atoms with Crippen molar-refractivity contribution in [1.29, 1.82) is 0 Å². The molecule has 0 atom stereocenters. The van der Waals surface area contributed by atoms with Crippen LogP contribution in [-0.4, -0.2) is 16.4 Å². The largest absolute Gasteiger partial charge is 0.411 e. The van der Waals surface area contributed by atoms with Gasteiger partial charge in [-0.2, -0.15) is 0 Å². The second kappa shape index (κ2) is 4.58. The van der Waals surface area contributed by atoms with Crippen molar-refractivity contribution in [2.45, 2.75) is 20.8 Å². The Kier molecular flexibility index (Phi) is 3.69. The van der Waals surface area contributed by atoms with E-state index in [0.29, 0.717) is 9.76 Å². The van der Waals surface area contributed by atoms with Crippen LogP contribution in [0.25, 0.3) is 0 Å². The molecule has 1 aromatic rings. The number of hydrogen-bond acceptors (Lipinski definition) is 1. The molecule has 2 radical (unpaired) electrons. The minimum absolute atomic E-state index is 0.266. The van der Waals surface area contributed by atoms with Gasteiger partial charge in [0.1, 0.15) is 0 Å². The van der Waals surface area contributed by atoms with Gasteiger partial charge in [0.05, 0.1) is 0 Å². The summed E-state index contributed by atoms with van der Waals surface area (Å²) in [4.78, 5) is 0. The second-order valence-electron chi connectivity index (χ2n) is 4.32. The molecule has 0 aliphatic rings. The molecule has 13 heavy (non-hydrogen) atoms. The maximum atomic E-state index is 5.61. The van der Waals surface area contributed by atoms with E-state index < -0.39 is 0 Å². The van der Waals surface area contributed by atoms with Gasteiger partial charge in [0, 0.05) is 6.61 Å². The molecule has 1 nitrogen and oxygen atoms in total. The van der Waals surface area contributed by atoms with Crippen molar-refractivity contribution in [3.05, 3.63) is 30.3 Å². The normalized spacial score (nSPS) is 11.6. The molecule has 1 aromatic carbocycles. The standard InChI is InChI=1S/C11H16OSi/c1-11(2,3)9-12-13-10-7-5-4-6-8-10/h4-8H,9H2,1-3H3. The fraction of sp³-hybridized carbons (Fsp3) is 0.455. The summed E-state index contributed by atoms with van der Waals surface area (Å²) in [6.07, 6.45) is 0. The van der Waals surface area contributed by atoms with Gasteiger partial charge in [-0.1, -0.05) is 51.1 Å². The highest BCUT2D eigenvalue weighted by atomic mass is 28.2. The van der Waals surface area contributed by atoms with Crippen LogP contribution in [0.3, 0.4) is 0 Å². The molecule has 0 bridgehead atoms. The topological polar surface area (TPSA) is 9.23 Å². The molecule has 0 spiro atoms. The molecule has 0 aliphatic heterocycles. The van der Waals surface area contributed by atoms with Crippen LogP contribution in [0.2, 0.25) is 0 Å². The molecule has 0 N–H and O–H groups in total. The molecular weight excluding hydrogens is 176 g/mol. The molecule has 0 amide bonds. The van der Waals surface area contributed by atoms with Gasteiger partial charge in [0.2, 0.25) is 0 Å². The van der Waals surface area contributed by atoms with Crippen molar-refractivity contribution >= 4 is 14.9 Å². The van der Waals surface area contributed by atoms with Crippen molar-refractivity contribution in [2.75, 3.05) is 6.61 Å². The molecule has 0 fully saturated rings. The van der Waals surface area contributed by atoms with Gasteiger partial charge in [-0.3, -0.25) is 0 Å². The first-order valence-electron chi connectivity index (χ1n) is 4.51. The van der Waals surface area contributed by atoms with Gasteiger partial charge in [-0.15, -0.1) is 0 Å². The maximum absolute atomic E-state index is 5.61. The van der Waals surface area contributed by atoms with Gasteiger partial charge < -0.3 is 4.43 Å².